The Balaban J connectivity index is 2.56. The molecule has 2 rings (SSSR count). The van der Waals surface area contributed by atoms with E-state index in [1.807, 2.05) is 56.6 Å². The quantitative estimate of drug-likeness (QED) is 0.775. The molecule has 88 valence electrons. The topological polar surface area (TPSA) is 55.3 Å². The van der Waals surface area contributed by atoms with E-state index >= 15 is 0 Å². The lowest BCUT2D eigenvalue weighted by Crippen LogP contribution is -2.10. The zero-order valence-electron chi connectivity index (χ0n) is 10.1. The molecule has 0 unspecified atom stereocenters. The molecule has 4 N–H and O–H groups in total. The summed E-state index contributed by atoms with van der Waals surface area (Å²) in [5.74, 6) is 0. The molecule has 0 atom stereocenters. The van der Waals surface area contributed by atoms with Crippen molar-refractivity contribution < 1.29 is 0 Å². The van der Waals surface area contributed by atoms with Crippen LogP contribution in [0.1, 0.15) is 0 Å². The van der Waals surface area contributed by atoms with Crippen LogP contribution in [-0.2, 0) is 0 Å². The van der Waals surface area contributed by atoms with Crippen molar-refractivity contribution in [3.8, 4) is 11.1 Å². The molecule has 0 aromatic heterocycles. The largest absolute Gasteiger partial charge is 0.399 e. The molecule has 0 spiro atoms. The summed E-state index contributed by atoms with van der Waals surface area (Å²) in [5, 5.41) is 0. The monoisotopic (exact) mass is 227 g/mol. The molecule has 3 heteroatoms. The van der Waals surface area contributed by atoms with Crippen LogP contribution in [0.5, 0.6) is 0 Å². The van der Waals surface area contributed by atoms with Gasteiger partial charge in [-0.2, -0.15) is 0 Å². The summed E-state index contributed by atoms with van der Waals surface area (Å²) in [6.07, 6.45) is 0. The number of hydrogen-bond donors (Lipinski definition) is 2. The second-order valence-corrected chi connectivity index (χ2v) is 4.29. The van der Waals surface area contributed by atoms with E-state index in [-0.39, 0.29) is 0 Å². The Kier molecular flexibility index (Phi) is 2.91. The zero-order valence-corrected chi connectivity index (χ0v) is 10.1. The van der Waals surface area contributed by atoms with E-state index in [1.165, 1.54) is 0 Å². The lowest BCUT2D eigenvalue weighted by Gasteiger charge is -2.18. The first kappa shape index (κ1) is 11.3. The van der Waals surface area contributed by atoms with Crippen LogP contribution >= 0.6 is 0 Å². The number of nitrogen functional groups attached to an aromatic ring is 2. The Morgan fingerprint density at radius 2 is 1.41 bits per heavy atom. The van der Waals surface area contributed by atoms with Crippen LogP contribution in [-0.4, -0.2) is 14.1 Å². The van der Waals surface area contributed by atoms with Crippen molar-refractivity contribution in [2.45, 2.75) is 0 Å². The molecule has 0 radical (unpaired) electrons. The molecule has 0 aliphatic carbocycles. The zero-order chi connectivity index (χ0) is 12.4. The highest BCUT2D eigenvalue weighted by atomic mass is 15.1. The van der Waals surface area contributed by atoms with Gasteiger partial charge in [0, 0.05) is 36.7 Å². The highest BCUT2D eigenvalue weighted by molar-refractivity contribution is 5.81. The summed E-state index contributed by atoms with van der Waals surface area (Å²) < 4.78 is 0. The molecule has 0 heterocycles. The SMILES string of the molecule is CN(C)c1ccc(N)cc1-c1ccc(N)cc1. The molecule has 0 aliphatic heterocycles. The van der Waals surface area contributed by atoms with E-state index in [0.29, 0.717) is 0 Å². The normalized spacial score (nSPS) is 10.2. The molecule has 0 aliphatic rings. The molecule has 2 aromatic rings. The molecule has 0 bridgehead atoms. The third-order valence-corrected chi connectivity index (χ3v) is 2.72. The van der Waals surface area contributed by atoms with E-state index in [1.54, 1.807) is 0 Å². The van der Waals surface area contributed by atoms with Gasteiger partial charge in [-0.3, -0.25) is 0 Å². The fraction of sp³-hybridized carbons (Fsp3) is 0.143. The number of nitrogens with two attached hydrogens (primary N) is 2. The van der Waals surface area contributed by atoms with Crippen LogP contribution in [0.25, 0.3) is 11.1 Å². The summed E-state index contributed by atoms with van der Waals surface area (Å²) in [5.41, 5.74) is 16.5. The third-order valence-electron chi connectivity index (χ3n) is 2.72. The Labute approximate surface area is 102 Å². The Morgan fingerprint density at radius 3 is 2.00 bits per heavy atom. The molecule has 3 nitrogen and oxygen atoms in total. The number of anilines is 3. The first-order chi connectivity index (χ1) is 8.08. The number of rotatable bonds is 2. The summed E-state index contributed by atoms with van der Waals surface area (Å²) >= 11 is 0. The van der Waals surface area contributed by atoms with Gasteiger partial charge in [0.1, 0.15) is 0 Å². The van der Waals surface area contributed by atoms with Gasteiger partial charge < -0.3 is 16.4 Å². The van der Waals surface area contributed by atoms with Gasteiger partial charge >= 0.3 is 0 Å². The van der Waals surface area contributed by atoms with Crippen LogP contribution in [0.4, 0.5) is 17.1 Å². The van der Waals surface area contributed by atoms with E-state index in [2.05, 4.69) is 4.90 Å². The Morgan fingerprint density at radius 1 is 0.824 bits per heavy atom. The number of nitrogens with zero attached hydrogens (tertiary/aromatic N) is 1. The van der Waals surface area contributed by atoms with Crippen molar-refractivity contribution in [2.24, 2.45) is 0 Å². The summed E-state index contributed by atoms with van der Waals surface area (Å²) in [6.45, 7) is 0. The van der Waals surface area contributed by atoms with E-state index in [0.717, 1.165) is 28.2 Å². The van der Waals surface area contributed by atoms with Crippen LogP contribution in [0.3, 0.4) is 0 Å². The summed E-state index contributed by atoms with van der Waals surface area (Å²) in [4.78, 5) is 2.07. The van der Waals surface area contributed by atoms with E-state index in [9.17, 15) is 0 Å². The maximum Gasteiger partial charge on any atom is 0.0442 e. The van der Waals surface area contributed by atoms with E-state index < -0.39 is 0 Å². The van der Waals surface area contributed by atoms with Crippen molar-refractivity contribution in [1.82, 2.24) is 0 Å². The van der Waals surface area contributed by atoms with Crippen LogP contribution in [0, 0.1) is 0 Å². The second kappa shape index (κ2) is 4.37. The smallest absolute Gasteiger partial charge is 0.0442 e. The lowest BCUT2D eigenvalue weighted by molar-refractivity contribution is 1.13. The minimum absolute atomic E-state index is 0.766. The standard InChI is InChI=1S/C14H17N3/c1-17(2)14-8-7-12(16)9-13(14)10-3-5-11(15)6-4-10/h3-9H,15-16H2,1-2H3. The fourth-order valence-electron chi connectivity index (χ4n) is 1.84. The van der Waals surface area contributed by atoms with Gasteiger partial charge in [-0.15, -0.1) is 0 Å². The molecule has 17 heavy (non-hydrogen) atoms. The molecular weight excluding hydrogens is 210 g/mol. The fourth-order valence-corrected chi connectivity index (χ4v) is 1.84. The van der Waals surface area contributed by atoms with Gasteiger partial charge in [0.15, 0.2) is 0 Å². The Hall–Kier alpha value is -2.16. The van der Waals surface area contributed by atoms with Gasteiger partial charge in [-0.1, -0.05) is 12.1 Å². The van der Waals surface area contributed by atoms with E-state index in [4.69, 9.17) is 11.5 Å². The average Bonchev–Trinajstić information content (AvgIpc) is 2.29. The molecule has 0 saturated carbocycles. The highest BCUT2D eigenvalue weighted by Gasteiger charge is 2.07. The van der Waals surface area contributed by atoms with Gasteiger partial charge in [0.05, 0.1) is 0 Å². The van der Waals surface area contributed by atoms with Crippen LogP contribution in [0.2, 0.25) is 0 Å². The average molecular weight is 227 g/mol. The van der Waals surface area contributed by atoms with Gasteiger partial charge in [-0.05, 0) is 35.9 Å². The molecule has 0 saturated heterocycles. The lowest BCUT2D eigenvalue weighted by atomic mass is 10.0. The maximum atomic E-state index is 5.85. The van der Waals surface area contributed by atoms with Crippen molar-refractivity contribution in [3.63, 3.8) is 0 Å². The highest BCUT2D eigenvalue weighted by Crippen LogP contribution is 2.32. The first-order valence-corrected chi connectivity index (χ1v) is 5.50. The number of benzene rings is 2. The van der Waals surface area contributed by atoms with Crippen molar-refractivity contribution in [1.29, 1.82) is 0 Å². The molecular formula is C14H17N3. The van der Waals surface area contributed by atoms with Crippen LogP contribution in [0.15, 0.2) is 42.5 Å². The minimum Gasteiger partial charge on any atom is -0.399 e. The van der Waals surface area contributed by atoms with Gasteiger partial charge in [-0.25, -0.2) is 0 Å². The Bertz CT molecular complexity index is 515. The van der Waals surface area contributed by atoms with Gasteiger partial charge in [0.2, 0.25) is 0 Å². The number of hydrogen-bond acceptors (Lipinski definition) is 3. The third kappa shape index (κ3) is 2.33. The van der Waals surface area contributed by atoms with Crippen molar-refractivity contribution in [3.05, 3.63) is 42.5 Å². The van der Waals surface area contributed by atoms with Gasteiger partial charge in [0.25, 0.3) is 0 Å². The molecule has 0 amide bonds. The van der Waals surface area contributed by atoms with Crippen molar-refractivity contribution in [2.75, 3.05) is 30.5 Å². The second-order valence-electron chi connectivity index (χ2n) is 4.29. The van der Waals surface area contributed by atoms with Crippen LogP contribution < -0.4 is 16.4 Å². The summed E-state index contributed by atoms with van der Waals surface area (Å²) in [6, 6.07) is 13.8. The predicted molar refractivity (Wildman–Crippen MR) is 75.0 cm³/mol. The molecule has 0 fully saturated rings. The molecule has 2 aromatic carbocycles. The first-order valence-electron chi connectivity index (χ1n) is 5.50. The summed E-state index contributed by atoms with van der Waals surface area (Å²) in [7, 11) is 4.04. The van der Waals surface area contributed by atoms with Crippen molar-refractivity contribution >= 4 is 17.1 Å². The predicted octanol–water partition coefficient (Wildman–Crippen LogP) is 2.58. The maximum absolute atomic E-state index is 5.85. The minimum atomic E-state index is 0.766.